The van der Waals surface area contributed by atoms with Crippen LogP contribution in [0.2, 0.25) is 0 Å². The van der Waals surface area contributed by atoms with Crippen LogP contribution >= 0.6 is 0 Å². The SMILES string of the molecule is COc1cccc(-c2nn(-c3ccccc3)cc2C(=O)NCC(c2ccco2)N2CCCC2)c1. The highest BCUT2D eigenvalue weighted by Crippen LogP contribution is 2.28. The Hall–Kier alpha value is -3.84. The Morgan fingerprint density at radius 2 is 1.91 bits per heavy atom. The summed E-state index contributed by atoms with van der Waals surface area (Å²) in [6.07, 6.45) is 5.80. The maximum atomic E-state index is 13.5. The molecule has 1 amide bonds. The summed E-state index contributed by atoms with van der Waals surface area (Å²) in [5.41, 5.74) is 2.82. The van der Waals surface area contributed by atoms with Crippen molar-refractivity contribution in [3.05, 3.63) is 90.5 Å². The minimum absolute atomic E-state index is 0.00545. The summed E-state index contributed by atoms with van der Waals surface area (Å²) in [4.78, 5) is 15.9. The van der Waals surface area contributed by atoms with Gasteiger partial charge in [-0.1, -0.05) is 30.3 Å². The summed E-state index contributed by atoms with van der Waals surface area (Å²) < 4.78 is 12.8. The number of rotatable bonds is 8. The molecule has 1 unspecified atom stereocenters. The molecule has 7 heteroatoms. The standard InChI is InChI=1S/C27H28N4O3/c1-33-22-12-7-9-20(17-22)26-23(19-31(29-26)21-10-3-2-4-11-21)27(32)28-18-24(25-13-8-16-34-25)30-14-5-6-15-30/h2-4,7-13,16-17,19,24H,5-6,14-15,18H2,1H3,(H,28,32). The number of methoxy groups -OCH3 is 1. The number of nitrogens with zero attached hydrogens (tertiary/aromatic N) is 3. The zero-order chi connectivity index (χ0) is 23.3. The van der Waals surface area contributed by atoms with Crippen molar-refractivity contribution in [2.24, 2.45) is 0 Å². The zero-order valence-corrected chi connectivity index (χ0v) is 19.2. The first-order valence-electron chi connectivity index (χ1n) is 11.6. The Bertz CT molecular complexity index is 1230. The third-order valence-corrected chi connectivity index (χ3v) is 6.23. The van der Waals surface area contributed by atoms with Crippen LogP contribution in [-0.4, -0.2) is 47.3 Å². The van der Waals surface area contributed by atoms with E-state index in [4.69, 9.17) is 14.3 Å². The molecule has 0 radical (unpaired) electrons. The summed E-state index contributed by atoms with van der Waals surface area (Å²) in [5.74, 6) is 1.41. The number of nitrogens with one attached hydrogen (secondary N) is 1. The van der Waals surface area contributed by atoms with E-state index >= 15 is 0 Å². The summed E-state index contributed by atoms with van der Waals surface area (Å²) in [6.45, 7) is 2.46. The average Bonchev–Trinajstić information content (AvgIpc) is 3.67. The van der Waals surface area contributed by atoms with E-state index in [1.165, 1.54) is 0 Å². The Morgan fingerprint density at radius 1 is 1.09 bits per heavy atom. The number of furan rings is 1. The summed E-state index contributed by atoms with van der Waals surface area (Å²) in [5, 5.41) is 7.92. The number of ether oxygens (including phenoxy) is 1. The van der Waals surface area contributed by atoms with E-state index in [0.717, 1.165) is 42.9 Å². The van der Waals surface area contributed by atoms with E-state index in [2.05, 4.69) is 10.2 Å². The van der Waals surface area contributed by atoms with Crippen LogP contribution in [0, 0.1) is 0 Å². The lowest BCUT2D eigenvalue weighted by molar-refractivity contribution is 0.0934. The lowest BCUT2D eigenvalue weighted by Gasteiger charge is -2.26. The lowest BCUT2D eigenvalue weighted by Crippen LogP contribution is -2.36. The van der Waals surface area contributed by atoms with Crippen molar-refractivity contribution in [1.29, 1.82) is 0 Å². The van der Waals surface area contributed by atoms with E-state index in [9.17, 15) is 4.79 Å². The second kappa shape index (κ2) is 9.97. The molecule has 1 aliphatic rings. The molecule has 1 fully saturated rings. The van der Waals surface area contributed by atoms with E-state index < -0.39 is 0 Å². The maximum Gasteiger partial charge on any atom is 0.255 e. The molecule has 34 heavy (non-hydrogen) atoms. The van der Waals surface area contributed by atoms with Crippen LogP contribution in [0.1, 0.15) is 35.0 Å². The molecule has 0 spiro atoms. The van der Waals surface area contributed by atoms with Gasteiger partial charge in [0.25, 0.3) is 5.91 Å². The van der Waals surface area contributed by atoms with Crippen LogP contribution in [-0.2, 0) is 0 Å². The number of aromatic nitrogens is 2. The highest BCUT2D eigenvalue weighted by molar-refractivity contribution is 6.00. The van der Waals surface area contributed by atoms with Crippen LogP contribution in [0.3, 0.4) is 0 Å². The largest absolute Gasteiger partial charge is 0.497 e. The molecule has 7 nitrogen and oxygen atoms in total. The van der Waals surface area contributed by atoms with Gasteiger partial charge in [0.1, 0.15) is 17.2 Å². The molecule has 1 N–H and O–H groups in total. The fourth-order valence-corrected chi connectivity index (χ4v) is 4.47. The predicted octanol–water partition coefficient (Wildman–Crippen LogP) is 4.71. The molecule has 174 valence electrons. The maximum absolute atomic E-state index is 13.5. The number of para-hydroxylation sites is 1. The van der Waals surface area contributed by atoms with Crippen molar-refractivity contribution >= 4 is 5.91 Å². The normalized spacial score (nSPS) is 14.7. The molecular formula is C27H28N4O3. The molecule has 0 bridgehead atoms. The van der Waals surface area contributed by atoms with Crippen molar-refractivity contribution in [3.8, 4) is 22.7 Å². The smallest absolute Gasteiger partial charge is 0.255 e. The number of hydrogen-bond donors (Lipinski definition) is 1. The third kappa shape index (κ3) is 4.61. The van der Waals surface area contributed by atoms with Gasteiger partial charge < -0.3 is 14.5 Å². The van der Waals surface area contributed by atoms with Gasteiger partial charge in [-0.3, -0.25) is 9.69 Å². The lowest BCUT2D eigenvalue weighted by atomic mass is 10.1. The van der Waals surface area contributed by atoms with Gasteiger partial charge in [-0.25, -0.2) is 4.68 Å². The van der Waals surface area contributed by atoms with Crippen LogP contribution in [0.4, 0.5) is 0 Å². The molecule has 5 rings (SSSR count). The summed E-state index contributed by atoms with van der Waals surface area (Å²) in [6, 6.07) is 21.3. The average molecular weight is 457 g/mol. The fraction of sp³-hybridized carbons (Fsp3) is 0.259. The highest BCUT2D eigenvalue weighted by Gasteiger charge is 2.27. The second-order valence-corrected chi connectivity index (χ2v) is 8.39. The minimum atomic E-state index is -0.171. The molecule has 0 saturated carbocycles. The second-order valence-electron chi connectivity index (χ2n) is 8.39. The van der Waals surface area contributed by atoms with Gasteiger partial charge in [0.2, 0.25) is 0 Å². The molecular weight excluding hydrogens is 428 g/mol. The van der Waals surface area contributed by atoms with Crippen molar-refractivity contribution in [2.75, 3.05) is 26.7 Å². The Balaban J connectivity index is 1.45. The first-order valence-corrected chi connectivity index (χ1v) is 11.6. The third-order valence-electron chi connectivity index (χ3n) is 6.23. The molecule has 4 aromatic rings. The van der Waals surface area contributed by atoms with E-state index in [-0.39, 0.29) is 11.9 Å². The number of amides is 1. The molecule has 3 heterocycles. The predicted molar refractivity (Wildman–Crippen MR) is 130 cm³/mol. The molecule has 1 aliphatic heterocycles. The molecule has 1 atom stereocenters. The number of carbonyl (C=O) groups excluding carboxylic acids is 1. The minimum Gasteiger partial charge on any atom is -0.497 e. The van der Waals surface area contributed by atoms with Crippen molar-refractivity contribution in [3.63, 3.8) is 0 Å². The van der Waals surface area contributed by atoms with Gasteiger partial charge >= 0.3 is 0 Å². The Labute approximate surface area is 199 Å². The molecule has 0 aliphatic carbocycles. The molecule has 2 aromatic carbocycles. The Morgan fingerprint density at radius 3 is 2.65 bits per heavy atom. The van der Waals surface area contributed by atoms with Crippen LogP contribution < -0.4 is 10.1 Å². The first-order chi connectivity index (χ1) is 16.7. The highest BCUT2D eigenvalue weighted by atomic mass is 16.5. The monoisotopic (exact) mass is 456 g/mol. The number of likely N-dealkylation sites (tertiary alicyclic amines) is 1. The van der Waals surface area contributed by atoms with Crippen molar-refractivity contribution < 1.29 is 13.9 Å². The quantitative estimate of drug-likeness (QED) is 0.416. The molecule has 2 aromatic heterocycles. The first kappa shape index (κ1) is 22.0. The number of hydrogen-bond acceptors (Lipinski definition) is 5. The van der Waals surface area contributed by atoms with Crippen LogP contribution in [0.25, 0.3) is 16.9 Å². The number of carbonyl (C=O) groups is 1. The van der Waals surface area contributed by atoms with Gasteiger partial charge in [0, 0.05) is 18.3 Å². The Kier molecular flexibility index (Phi) is 6.44. The van der Waals surface area contributed by atoms with Crippen molar-refractivity contribution in [2.45, 2.75) is 18.9 Å². The zero-order valence-electron chi connectivity index (χ0n) is 19.2. The molecule has 1 saturated heterocycles. The van der Waals surface area contributed by atoms with Gasteiger partial charge in [-0.05, 0) is 62.3 Å². The van der Waals surface area contributed by atoms with E-state index in [1.807, 2.05) is 66.7 Å². The topological polar surface area (TPSA) is 72.5 Å². The summed E-state index contributed by atoms with van der Waals surface area (Å²) in [7, 11) is 1.63. The van der Waals surface area contributed by atoms with E-state index in [1.54, 1.807) is 24.3 Å². The van der Waals surface area contributed by atoms with Gasteiger partial charge in [0.05, 0.1) is 30.7 Å². The van der Waals surface area contributed by atoms with Gasteiger partial charge in [-0.15, -0.1) is 0 Å². The number of benzene rings is 2. The van der Waals surface area contributed by atoms with Crippen LogP contribution in [0.15, 0.2) is 83.6 Å². The van der Waals surface area contributed by atoms with E-state index in [0.29, 0.717) is 23.6 Å². The summed E-state index contributed by atoms with van der Waals surface area (Å²) >= 11 is 0. The van der Waals surface area contributed by atoms with Gasteiger partial charge in [-0.2, -0.15) is 5.10 Å². The fourth-order valence-electron chi connectivity index (χ4n) is 4.47. The van der Waals surface area contributed by atoms with Gasteiger partial charge in [0.15, 0.2) is 0 Å². The van der Waals surface area contributed by atoms with Crippen LogP contribution in [0.5, 0.6) is 5.75 Å². The van der Waals surface area contributed by atoms with Crippen molar-refractivity contribution in [1.82, 2.24) is 20.0 Å².